The number of halogens is 1. The van der Waals surface area contributed by atoms with E-state index in [9.17, 15) is 0 Å². The summed E-state index contributed by atoms with van der Waals surface area (Å²) in [7, 11) is 12.2. The molecule has 1 radical (unpaired) electrons. The fourth-order valence-electron chi connectivity index (χ4n) is 8.00. The normalized spacial score (nSPS) is 11.0. The van der Waals surface area contributed by atoms with Crippen LogP contribution in [0.25, 0.3) is 0 Å². The summed E-state index contributed by atoms with van der Waals surface area (Å²) in [6.07, 6.45) is 17.0. The first-order valence-electron chi connectivity index (χ1n) is 23.8. The molecule has 0 aliphatic heterocycles. The minimum absolute atomic E-state index is 0.306. The van der Waals surface area contributed by atoms with Crippen LogP contribution in [0.3, 0.4) is 0 Å². The number of rotatable bonds is 21. The zero-order valence-electron chi connectivity index (χ0n) is 43.4. The van der Waals surface area contributed by atoms with Gasteiger partial charge in [0.1, 0.15) is 28.6 Å². The number of aromatic nitrogens is 10. The number of methoxy groups -OCH3 is 2. The van der Waals surface area contributed by atoms with Crippen LogP contribution < -0.4 is 59.8 Å². The molecule has 0 atom stereocenters. The van der Waals surface area contributed by atoms with Crippen molar-refractivity contribution in [1.82, 2.24) is 54.3 Å². The Morgan fingerprint density at radius 3 is 1.52 bits per heavy atom. The molecular weight excluding hydrogens is 1010 g/mol. The highest BCUT2D eigenvalue weighted by Crippen LogP contribution is 2.52. The van der Waals surface area contributed by atoms with E-state index < -0.39 is 0 Å². The minimum Gasteiger partial charge on any atom is -0.493 e. The van der Waals surface area contributed by atoms with E-state index in [0.717, 1.165) is 11.1 Å². The van der Waals surface area contributed by atoms with Gasteiger partial charge in [-0.2, -0.15) is 36.0 Å². The van der Waals surface area contributed by atoms with Crippen molar-refractivity contribution in [3.05, 3.63) is 157 Å². The van der Waals surface area contributed by atoms with E-state index >= 15 is 0 Å². The summed E-state index contributed by atoms with van der Waals surface area (Å²) in [4.78, 5) is 0. The maximum Gasteiger partial charge on any atom is 0.178 e. The average molecular weight is 1060 g/mol. The number of nitrogens with zero attached hydrogens (tertiary/aromatic N) is 12. The standard InChI is InChI=1S/C54H53ClN15O7/c1-33-19-38(73-39-23-56-65(3)28-39)13-14-45(33)64-70(63-37-12-15-48(34(2)18-37)74-40-24-57-66(4)29-40)47-22-46(61-35-10-16-49(44(55)20-35)75-41-25-58-67(5)30-41)53(77-43-27-60-69(7)32-43)52(54(47)72-9)62-36-11-17-50(51(21-36)71-8)76-42-26-59-68(6)31-42/h10-32,61-63H,1-9H3. The summed E-state index contributed by atoms with van der Waals surface area (Å²) in [6, 6.07) is 24.0. The van der Waals surface area contributed by atoms with Crippen molar-refractivity contribution in [2.24, 2.45) is 35.2 Å². The van der Waals surface area contributed by atoms with Crippen LogP contribution in [0, 0.1) is 13.8 Å². The van der Waals surface area contributed by atoms with E-state index in [4.69, 9.17) is 50.2 Å². The summed E-state index contributed by atoms with van der Waals surface area (Å²) in [6.45, 7) is 3.91. The molecule has 0 fully saturated rings. The van der Waals surface area contributed by atoms with E-state index in [1.807, 2.05) is 89.6 Å². The molecule has 23 heteroatoms. The van der Waals surface area contributed by atoms with Crippen molar-refractivity contribution in [2.45, 2.75) is 13.8 Å². The molecule has 0 bridgehead atoms. The SMILES string of the molecule is COc1cc(Nc2c(Oc3cnn(C)c3)c(Nc3ccc(Oc4cnn(C)c4)c(Cl)c3)cc(N([N]c3ccc(Oc4cnn(C)c4)cc3C)Nc3ccc(Oc4cnn(C)c4)c(C)c3)c2OC)ccc1Oc1cnn(C)c1. The molecule has 0 saturated heterocycles. The summed E-state index contributed by atoms with van der Waals surface area (Å²) >= 11 is 6.96. The monoisotopic (exact) mass is 1060 g/mol. The number of hydrogen-bond acceptors (Lipinski definition) is 16. The third kappa shape index (κ3) is 11.9. The number of nitrogens with one attached hydrogen (secondary N) is 3. The number of benzene rings is 5. The molecular formula is C54H53ClN15O7. The van der Waals surface area contributed by atoms with Crippen molar-refractivity contribution in [2.75, 3.05) is 35.4 Å². The van der Waals surface area contributed by atoms with Crippen LogP contribution in [0.4, 0.5) is 39.8 Å². The molecule has 0 aliphatic carbocycles. The third-order valence-electron chi connectivity index (χ3n) is 11.6. The fraction of sp³-hybridized carbons (Fsp3) is 0.167. The smallest absolute Gasteiger partial charge is 0.178 e. The topological polar surface area (TPSA) is 207 Å². The first-order valence-corrected chi connectivity index (χ1v) is 24.2. The molecule has 5 aromatic heterocycles. The van der Waals surface area contributed by atoms with Gasteiger partial charge in [0, 0.05) is 52.7 Å². The van der Waals surface area contributed by atoms with Crippen LogP contribution in [0.15, 0.2) is 141 Å². The van der Waals surface area contributed by atoms with Gasteiger partial charge < -0.3 is 43.8 Å². The van der Waals surface area contributed by atoms with Crippen molar-refractivity contribution in [3.8, 4) is 69.0 Å². The second-order valence-corrected chi connectivity index (χ2v) is 18.1. The van der Waals surface area contributed by atoms with Crippen LogP contribution >= 0.6 is 11.6 Å². The van der Waals surface area contributed by atoms with Crippen molar-refractivity contribution in [3.63, 3.8) is 0 Å². The average Bonchev–Trinajstić information content (AvgIpc) is 4.28. The predicted molar refractivity (Wildman–Crippen MR) is 291 cm³/mol. The lowest BCUT2D eigenvalue weighted by Gasteiger charge is -2.30. The van der Waals surface area contributed by atoms with E-state index in [1.54, 1.807) is 143 Å². The molecule has 5 heterocycles. The van der Waals surface area contributed by atoms with Gasteiger partial charge in [-0.3, -0.25) is 28.8 Å². The van der Waals surface area contributed by atoms with Crippen LogP contribution in [-0.4, -0.2) is 63.1 Å². The molecule has 0 unspecified atom stereocenters. The van der Waals surface area contributed by atoms with Crippen LogP contribution in [0.5, 0.6) is 69.0 Å². The van der Waals surface area contributed by atoms with Gasteiger partial charge in [-0.1, -0.05) is 11.6 Å². The highest BCUT2D eigenvalue weighted by molar-refractivity contribution is 6.32. The Labute approximate surface area is 447 Å². The molecule has 393 valence electrons. The molecule has 5 aromatic carbocycles. The van der Waals surface area contributed by atoms with Crippen molar-refractivity contribution >= 4 is 51.4 Å². The van der Waals surface area contributed by atoms with Crippen molar-refractivity contribution in [1.29, 1.82) is 0 Å². The van der Waals surface area contributed by atoms with E-state index in [2.05, 4.69) is 41.6 Å². The zero-order valence-corrected chi connectivity index (χ0v) is 44.1. The Morgan fingerprint density at radius 1 is 0.468 bits per heavy atom. The molecule has 10 aromatic rings. The van der Waals surface area contributed by atoms with Gasteiger partial charge in [-0.25, -0.2) is 0 Å². The van der Waals surface area contributed by atoms with Gasteiger partial charge in [0.05, 0.1) is 98.3 Å². The summed E-state index contributed by atoms with van der Waals surface area (Å²) < 4.78 is 52.2. The summed E-state index contributed by atoms with van der Waals surface area (Å²) in [5, 5.41) is 30.5. The number of hydrogen-bond donors (Lipinski definition) is 3. The van der Waals surface area contributed by atoms with Crippen molar-refractivity contribution < 1.29 is 33.2 Å². The summed E-state index contributed by atoms with van der Waals surface area (Å²) in [5.41, 5.74) is 14.1. The van der Waals surface area contributed by atoms with E-state index in [-0.39, 0.29) is 0 Å². The lowest BCUT2D eigenvalue weighted by Crippen LogP contribution is -2.35. The molecule has 77 heavy (non-hydrogen) atoms. The summed E-state index contributed by atoms with van der Waals surface area (Å²) in [5.74, 6) is 5.85. The molecule has 0 saturated carbocycles. The molecule has 3 N–H and O–H groups in total. The molecule has 22 nitrogen and oxygen atoms in total. The van der Waals surface area contributed by atoms with Gasteiger partial charge >= 0.3 is 0 Å². The van der Waals surface area contributed by atoms with Crippen LogP contribution in [-0.2, 0) is 35.2 Å². The van der Waals surface area contributed by atoms with Gasteiger partial charge in [-0.05, 0) is 97.8 Å². The Morgan fingerprint density at radius 2 is 0.987 bits per heavy atom. The lowest BCUT2D eigenvalue weighted by atomic mass is 10.1. The Kier molecular flexibility index (Phi) is 14.4. The van der Waals surface area contributed by atoms with Gasteiger partial charge in [0.15, 0.2) is 51.7 Å². The minimum atomic E-state index is 0.306. The second kappa shape index (κ2) is 21.9. The van der Waals surface area contributed by atoms with Gasteiger partial charge in [0.2, 0.25) is 0 Å². The maximum atomic E-state index is 6.96. The van der Waals surface area contributed by atoms with Gasteiger partial charge in [0.25, 0.3) is 0 Å². The molecule has 0 amide bonds. The number of aryl methyl sites for hydroxylation is 7. The second-order valence-electron chi connectivity index (χ2n) is 17.7. The van der Waals surface area contributed by atoms with Crippen LogP contribution in [0.2, 0.25) is 5.02 Å². The van der Waals surface area contributed by atoms with E-state index in [1.165, 1.54) is 0 Å². The Hall–Kier alpha value is -9.96. The lowest BCUT2D eigenvalue weighted by molar-refractivity contribution is 0.379. The Bertz CT molecular complexity index is 3710. The Balaban J connectivity index is 1.12. The largest absolute Gasteiger partial charge is 0.493 e. The molecule has 10 rings (SSSR count). The zero-order chi connectivity index (χ0) is 53.7. The highest BCUT2D eigenvalue weighted by Gasteiger charge is 2.28. The van der Waals surface area contributed by atoms with E-state index in [0.29, 0.717) is 114 Å². The molecule has 0 spiro atoms. The molecule has 0 aliphatic rings. The van der Waals surface area contributed by atoms with Crippen LogP contribution in [0.1, 0.15) is 11.1 Å². The third-order valence-corrected chi connectivity index (χ3v) is 11.9. The van der Waals surface area contributed by atoms with Gasteiger partial charge in [-0.15, -0.1) is 0 Å². The fourth-order valence-corrected chi connectivity index (χ4v) is 8.22. The first kappa shape index (κ1) is 50.6. The number of ether oxygens (including phenoxy) is 7. The predicted octanol–water partition coefficient (Wildman–Crippen LogP) is 11.8. The first-order chi connectivity index (χ1) is 37.2. The maximum absolute atomic E-state index is 6.96. The quantitative estimate of drug-likeness (QED) is 0.0572. The number of hydrazine groups is 1. The highest BCUT2D eigenvalue weighted by atomic mass is 35.5. The number of anilines is 6.